The molecule has 1 aromatic carbocycles. The van der Waals surface area contributed by atoms with Gasteiger partial charge in [-0.2, -0.15) is 5.10 Å². The molecule has 0 saturated carbocycles. The zero-order valence-corrected chi connectivity index (χ0v) is 17.7. The lowest BCUT2D eigenvalue weighted by atomic mass is 9.75. The van der Waals surface area contributed by atoms with Gasteiger partial charge < -0.3 is 15.4 Å². The second kappa shape index (κ2) is 7.13. The number of hydrogen-bond donors (Lipinski definition) is 1. The molecule has 6 nitrogen and oxygen atoms in total. The summed E-state index contributed by atoms with van der Waals surface area (Å²) in [6.45, 7) is 5.23. The minimum atomic E-state index is 0.107. The number of fused-ring (bicyclic) bond motifs is 1. The molecule has 4 heterocycles. The van der Waals surface area contributed by atoms with Gasteiger partial charge in [0, 0.05) is 30.1 Å². The van der Waals surface area contributed by atoms with Gasteiger partial charge in [-0.1, -0.05) is 35.3 Å². The van der Waals surface area contributed by atoms with Gasteiger partial charge in [-0.25, -0.2) is 9.50 Å². The van der Waals surface area contributed by atoms with Crippen molar-refractivity contribution < 1.29 is 4.74 Å². The van der Waals surface area contributed by atoms with Crippen molar-refractivity contribution in [1.82, 2.24) is 14.6 Å². The van der Waals surface area contributed by atoms with E-state index in [1.54, 1.807) is 12.3 Å². The van der Waals surface area contributed by atoms with Crippen LogP contribution in [-0.2, 0) is 4.74 Å². The summed E-state index contributed by atoms with van der Waals surface area (Å²) in [5, 5.41) is 5.60. The molecule has 1 atom stereocenters. The van der Waals surface area contributed by atoms with Gasteiger partial charge in [0.1, 0.15) is 5.52 Å². The number of halogens is 2. The summed E-state index contributed by atoms with van der Waals surface area (Å²) in [6, 6.07) is 7.75. The van der Waals surface area contributed by atoms with Crippen LogP contribution in [-0.4, -0.2) is 46.9 Å². The van der Waals surface area contributed by atoms with E-state index in [0.717, 1.165) is 60.8 Å². The van der Waals surface area contributed by atoms with Crippen molar-refractivity contribution in [1.29, 1.82) is 0 Å². The normalized spacial score (nSPS) is 21.4. The van der Waals surface area contributed by atoms with Gasteiger partial charge in [0.05, 0.1) is 40.8 Å². The van der Waals surface area contributed by atoms with Gasteiger partial charge in [-0.15, -0.1) is 0 Å². The average molecular weight is 432 g/mol. The molecule has 2 fully saturated rings. The Morgan fingerprint density at radius 1 is 1.21 bits per heavy atom. The number of anilines is 1. The van der Waals surface area contributed by atoms with Crippen LogP contribution in [0.4, 0.5) is 5.82 Å². The number of nitrogens with two attached hydrogens (primary N) is 1. The van der Waals surface area contributed by atoms with Crippen LogP contribution in [0, 0.1) is 12.3 Å². The van der Waals surface area contributed by atoms with E-state index in [2.05, 4.69) is 10.00 Å². The van der Waals surface area contributed by atoms with Gasteiger partial charge in [-0.05, 0) is 31.9 Å². The Labute approximate surface area is 179 Å². The third kappa shape index (κ3) is 3.01. The van der Waals surface area contributed by atoms with Crippen molar-refractivity contribution >= 4 is 34.5 Å². The van der Waals surface area contributed by atoms with Crippen molar-refractivity contribution in [3.8, 4) is 11.3 Å². The average Bonchev–Trinajstić information content (AvgIpc) is 3.33. The molecule has 8 heteroatoms. The Hall–Kier alpha value is -1.86. The molecule has 2 aliphatic rings. The molecule has 1 spiro atoms. The zero-order chi connectivity index (χ0) is 20.2. The molecule has 0 unspecified atom stereocenters. The van der Waals surface area contributed by atoms with Crippen molar-refractivity contribution in [2.75, 3.05) is 31.2 Å². The van der Waals surface area contributed by atoms with Gasteiger partial charge in [0.15, 0.2) is 5.82 Å². The Morgan fingerprint density at radius 2 is 2.00 bits per heavy atom. The first-order valence-corrected chi connectivity index (χ1v) is 10.6. The van der Waals surface area contributed by atoms with E-state index in [1.807, 2.05) is 29.6 Å². The maximum Gasteiger partial charge on any atom is 0.155 e. The molecule has 2 aliphatic heterocycles. The third-order valence-electron chi connectivity index (χ3n) is 6.44. The number of ether oxygens (including phenoxy) is 1. The number of benzene rings is 1. The van der Waals surface area contributed by atoms with E-state index in [-0.39, 0.29) is 11.5 Å². The molecular weight excluding hydrogens is 409 g/mol. The summed E-state index contributed by atoms with van der Waals surface area (Å²) in [7, 11) is 0. The first-order valence-electron chi connectivity index (χ1n) is 9.87. The monoisotopic (exact) mass is 431 g/mol. The van der Waals surface area contributed by atoms with Crippen molar-refractivity contribution in [3.05, 3.63) is 46.2 Å². The van der Waals surface area contributed by atoms with Gasteiger partial charge in [0.25, 0.3) is 0 Å². The van der Waals surface area contributed by atoms with Crippen LogP contribution < -0.4 is 10.6 Å². The van der Waals surface area contributed by atoms with Crippen LogP contribution in [0.25, 0.3) is 16.8 Å². The molecule has 5 rings (SSSR count). The highest BCUT2D eigenvalue weighted by molar-refractivity contribution is 6.43. The summed E-state index contributed by atoms with van der Waals surface area (Å²) in [6.07, 6.45) is 3.82. The van der Waals surface area contributed by atoms with Crippen LogP contribution in [0.15, 0.2) is 30.5 Å². The van der Waals surface area contributed by atoms with E-state index < -0.39 is 0 Å². The molecule has 0 aliphatic carbocycles. The molecule has 0 bridgehead atoms. The summed E-state index contributed by atoms with van der Waals surface area (Å²) in [4.78, 5) is 7.32. The van der Waals surface area contributed by atoms with E-state index in [1.165, 1.54) is 0 Å². The van der Waals surface area contributed by atoms with Crippen LogP contribution in [0.5, 0.6) is 0 Å². The number of hydrogen-bond acceptors (Lipinski definition) is 5. The molecule has 2 aromatic heterocycles. The third-order valence-corrected chi connectivity index (χ3v) is 7.26. The number of rotatable bonds is 2. The molecule has 2 saturated heterocycles. The number of nitrogens with zero attached hydrogens (tertiary/aromatic N) is 4. The molecule has 3 aromatic rings. The number of aryl methyl sites for hydroxylation is 1. The van der Waals surface area contributed by atoms with Gasteiger partial charge >= 0.3 is 0 Å². The second-order valence-corrected chi connectivity index (χ2v) is 8.86. The van der Waals surface area contributed by atoms with Crippen molar-refractivity contribution in [2.24, 2.45) is 11.1 Å². The highest BCUT2D eigenvalue weighted by Gasteiger charge is 2.44. The zero-order valence-electron chi connectivity index (χ0n) is 16.2. The number of piperidine rings is 1. The predicted molar refractivity (Wildman–Crippen MR) is 116 cm³/mol. The Balaban J connectivity index is 1.54. The van der Waals surface area contributed by atoms with Gasteiger partial charge in [0.2, 0.25) is 0 Å². The fourth-order valence-electron chi connectivity index (χ4n) is 4.65. The molecule has 152 valence electrons. The van der Waals surface area contributed by atoms with Gasteiger partial charge in [-0.3, -0.25) is 0 Å². The molecule has 2 N–H and O–H groups in total. The lowest BCUT2D eigenvalue weighted by Gasteiger charge is -2.41. The first kappa shape index (κ1) is 19.1. The minimum absolute atomic E-state index is 0.107. The molecular formula is C21H23Cl2N5O. The maximum absolute atomic E-state index is 6.50. The molecule has 0 radical (unpaired) electrons. The fourth-order valence-corrected chi connectivity index (χ4v) is 5.04. The van der Waals surface area contributed by atoms with E-state index in [4.69, 9.17) is 38.7 Å². The Bertz CT molecular complexity index is 1070. The first-order chi connectivity index (χ1) is 14.0. The predicted octanol–water partition coefficient (Wildman–Crippen LogP) is 3.96. The summed E-state index contributed by atoms with van der Waals surface area (Å²) in [5.41, 5.74) is 9.97. The quantitative estimate of drug-likeness (QED) is 0.664. The summed E-state index contributed by atoms with van der Waals surface area (Å²) < 4.78 is 7.58. The summed E-state index contributed by atoms with van der Waals surface area (Å²) >= 11 is 12.8. The largest absolute Gasteiger partial charge is 0.379 e. The SMILES string of the molecule is Cc1nc(N2CCC3(CC2)COC[C@H]3N)c2ccnn2c1-c1cccc(Cl)c1Cl. The van der Waals surface area contributed by atoms with Crippen LogP contribution in [0.1, 0.15) is 18.5 Å². The van der Waals surface area contributed by atoms with Crippen LogP contribution in [0.3, 0.4) is 0 Å². The topological polar surface area (TPSA) is 68.7 Å². The Morgan fingerprint density at radius 3 is 2.72 bits per heavy atom. The highest BCUT2D eigenvalue weighted by atomic mass is 35.5. The smallest absolute Gasteiger partial charge is 0.155 e. The second-order valence-electron chi connectivity index (χ2n) is 8.07. The Kier molecular flexibility index (Phi) is 4.70. The lowest BCUT2D eigenvalue weighted by molar-refractivity contribution is 0.132. The van der Waals surface area contributed by atoms with E-state index in [0.29, 0.717) is 16.7 Å². The fraction of sp³-hybridized carbons (Fsp3) is 0.429. The number of aromatic nitrogens is 3. The van der Waals surface area contributed by atoms with Crippen LogP contribution >= 0.6 is 23.2 Å². The standard InChI is InChI=1S/C21H23Cl2N5O/c1-13-19(14-3-2-4-15(22)18(14)23)28-16(5-8-25-28)20(26-13)27-9-6-21(7-10-27)12-29-11-17(21)24/h2-5,8,17H,6-7,9-12,24H2,1H3/t17-/m1/s1. The summed E-state index contributed by atoms with van der Waals surface area (Å²) in [5.74, 6) is 0.948. The van der Waals surface area contributed by atoms with E-state index >= 15 is 0 Å². The maximum atomic E-state index is 6.50. The van der Waals surface area contributed by atoms with E-state index in [9.17, 15) is 0 Å². The van der Waals surface area contributed by atoms with Crippen molar-refractivity contribution in [3.63, 3.8) is 0 Å². The van der Waals surface area contributed by atoms with Crippen LogP contribution in [0.2, 0.25) is 10.0 Å². The molecule has 29 heavy (non-hydrogen) atoms. The highest BCUT2D eigenvalue weighted by Crippen LogP contribution is 2.41. The lowest BCUT2D eigenvalue weighted by Crippen LogP contribution is -2.49. The minimum Gasteiger partial charge on any atom is -0.379 e. The van der Waals surface area contributed by atoms with Crippen molar-refractivity contribution in [2.45, 2.75) is 25.8 Å². The molecule has 0 amide bonds.